The number of fused-ring (bicyclic) bond motifs is 1. The maximum atomic E-state index is 10.7. The molecule has 2 aromatic rings. The molecule has 0 unspecified atom stereocenters. The maximum absolute atomic E-state index is 10.7. The van der Waals surface area contributed by atoms with Crippen LogP contribution in [0.1, 0.15) is 5.56 Å². The Balaban J connectivity index is 1.74. The summed E-state index contributed by atoms with van der Waals surface area (Å²) in [6, 6.07) is 11.4. The second-order valence-electron chi connectivity index (χ2n) is 5.06. The summed E-state index contributed by atoms with van der Waals surface area (Å²) in [6.45, 7) is 2.00. The zero-order chi connectivity index (χ0) is 13.4. The van der Waals surface area contributed by atoms with Crippen molar-refractivity contribution in [1.82, 2.24) is 4.90 Å². The van der Waals surface area contributed by atoms with Gasteiger partial charge in [-0.15, -0.1) is 0 Å². The molecule has 0 aliphatic carbocycles. The summed E-state index contributed by atoms with van der Waals surface area (Å²) in [5, 5.41) is 20.4. The van der Waals surface area contributed by atoms with E-state index in [-0.39, 0.29) is 5.92 Å². The van der Waals surface area contributed by atoms with Gasteiger partial charge >= 0.3 is 5.97 Å². The SMILES string of the molecule is O=C(O)C1CN(Cc2ccc3c(O)cccc3c2)C1. The summed E-state index contributed by atoms with van der Waals surface area (Å²) in [5.41, 5.74) is 1.14. The first-order valence-electron chi connectivity index (χ1n) is 6.29. The summed E-state index contributed by atoms with van der Waals surface area (Å²) in [7, 11) is 0. The monoisotopic (exact) mass is 257 g/mol. The van der Waals surface area contributed by atoms with Gasteiger partial charge in [0, 0.05) is 25.0 Å². The van der Waals surface area contributed by atoms with Gasteiger partial charge in [0.15, 0.2) is 0 Å². The fraction of sp³-hybridized carbons (Fsp3) is 0.267. The van der Waals surface area contributed by atoms with Crippen molar-refractivity contribution in [3.05, 3.63) is 42.0 Å². The second-order valence-corrected chi connectivity index (χ2v) is 5.06. The highest BCUT2D eigenvalue weighted by Gasteiger charge is 2.32. The van der Waals surface area contributed by atoms with Gasteiger partial charge in [-0.3, -0.25) is 9.69 Å². The summed E-state index contributed by atoms with van der Waals surface area (Å²) >= 11 is 0. The molecular formula is C15H15NO3. The molecule has 0 spiro atoms. The Hall–Kier alpha value is -2.07. The molecule has 0 amide bonds. The first-order valence-corrected chi connectivity index (χ1v) is 6.29. The number of aliphatic carboxylic acids is 1. The van der Waals surface area contributed by atoms with E-state index in [1.165, 1.54) is 0 Å². The van der Waals surface area contributed by atoms with Crippen molar-refractivity contribution in [1.29, 1.82) is 0 Å². The van der Waals surface area contributed by atoms with E-state index < -0.39 is 5.97 Å². The molecule has 1 aliphatic heterocycles. The predicted octanol–water partition coefficient (Wildman–Crippen LogP) is 2.06. The van der Waals surface area contributed by atoms with Crippen LogP contribution in [-0.4, -0.2) is 34.2 Å². The van der Waals surface area contributed by atoms with Crippen molar-refractivity contribution in [2.75, 3.05) is 13.1 Å². The molecule has 4 heteroatoms. The Morgan fingerprint density at radius 3 is 2.79 bits per heavy atom. The number of carboxylic acid groups (broad SMARTS) is 1. The van der Waals surface area contributed by atoms with Gasteiger partial charge in [-0.05, 0) is 23.1 Å². The quantitative estimate of drug-likeness (QED) is 0.883. The normalized spacial score (nSPS) is 16.4. The Labute approximate surface area is 110 Å². The van der Waals surface area contributed by atoms with E-state index >= 15 is 0 Å². The molecule has 1 saturated heterocycles. The number of phenolic OH excluding ortho intramolecular Hbond substituents is 1. The van der Waals surface area contributed by atoms with Gasteiger partial charge < -0.3 is 10.2 Å². The third-order valence-electron chi connectivity index (χ3n) is 3.63. The predicted molar refractivity (Wildman–Crippen MR) is 72.0 cm³/mol. The van der Waals surface area contributed by atoms with E-state index in [2.05, 4.69) is 4.90 Å². The minimum absolute atomic E-state index is 0.218. The Bertz CT molecular complexity index is 632. The van der Waals surface area contributed by atoms with E-state index in [9.17, 15) is 9.90 Å². The third-order valence-corrected chi connectivity index (χ3v) is 3.63. The lowest BCUT2D eigenvalue weighted by molar-refractivity contribution is -0.147. The molecule has 1 fully saturated rings. The van der Waals surface area contributed by atoms with Crippen molar-refractivity contribution >= 4 is 16.7 Å². The lowest BCUT2D eigenvalue weighted by Crippen LogP contribution is -2.49. The first-order chi connectivity index (χ1) is 9.13. The highest BCUT2D eigenvalue weighted by Crippen LogP contribution is 2.26. The van der Waals surface area contributed by atoms with Crippen LogP contribution in [0.15, 0.2) is 36.4 Å². The van der Waals surface area contributed by atoms with Crippen LogP contribution in [0.25, 0.3) is 10.8 Å². The van der Waals surface area contributed by atoms with Crippen LogP contribution in [0.4, 0.5) is 0 Å². The number of hydrogen-bond donors (Lipinski definition) is 2. The lowest BCUT2D eigenvalue weighted by Gasteiger charge is -2.36. The topological polar surface area (TPSA) is 60.8 Å². The van der Waals surface area contributed by atoms with Crippen molar-refractivity contribution in [2.24, 2.45) is 5.92 Å². The molecule has 0 bridgehead atoms. The Morgan fingerprint density at radius 2 is 2.05 bits per heavy atom. The van der Waals surface area contributed by atoms with E-state index in [0.717, 1.165) is 22.9 Å². The van der Waals surface area contributed by atoms with Gasteiger partial charge in [0.1, 0.15) is 5.75 Å². The number of carboxylic acids is 1. The lowest BCUT2D eigenvalue weighted by atomic mass is 9.99. The first kappa shape index (κ1) is 12.0. The van der Waals surface area contributed by atoms with Crippen molar-refractivity contribution in [3.63, 3.8) is 0 Å². The van der Waals surface area contributed by atoms with Gasteiger partial charge in [-0.2, -0.15) is 0 Å². The van der Waals surface area contributed by atoms with E-state index in [0.29, 0.717) is 18.8 Å². The largest absolute Gasteiger partial charge is 0.507 e. The zero-order valence-corrected chi connectivity index (χ0v) is 10.4. The van der Waals surface area contributed by atoms with Crippen LogP contribution in [0.2, 0.25) is 0 Å². The summed E-state index contributed by atoms with van der Waals surface area (Å²) in [6.07, 6.45) is 0. The number of carbonyl (C=O) groups is 1. The highest BCUT2D eigenvalue weighted by atomic mass is 16.4. The molecule has 0 saturated carbocycles. The average Bonchev–Trinajstić information content (AvgIpc) is 2.33. The Kier molecular flexibility index (Phi) is 2.87. The van der Waals surface area contributed by atoms with Crippen LogP contribution in [0, 0.1) is 5.92 Å². The smallest absolute Gasteiger partial charge is 0.309 e. The van der Waals surface area contributed by atoms with Gasteiger partial charge in [-0.25, -0.2) is 0 Å². The summed E-state index contributed by atoms with van der Waals surface area (Å²) in [4.78, 5) is 12.9. The summed E-state index contributed by atoms with van der Waals surface area (Å²) < 4.78 is 0. The minimum atomic E-state index is -0.709. The molecule has 2 N–H and O–H groups in total. The number of rotatable bonds is 3. The summed E-state index contributed by atoms with van der Waals surface area (Å²) in [5.74, 6) is -0.636. The maximum Gasteiger partial charge on any atom is 0.309 e. The van der Waals surface area contributed by atoms with Gasteiger partial charge in [-0.1, -0.05) is 24.3 Å². The number of aromatic hydroxyl groups is 1. The zero-order valence-electron chi connectivity index (χ0n) is 10.4. The number of nitrogens with zero attached hydrogens (tertiary/aromatic N) is 1. The van der Waals surface area contributed by atoms with Gasteiger partial charge in [0.2, 0.25) is 0 Å². The van der Waals surface area contributed by atoms with Crippen molar-refractivity contribution in [3.8, 4) is 5.75 Å². The molecule has 4 nitrogen and oxygen atoms in total. The molecule has 0 aromatic heterocycles. The number of likely N-dealkylation sites (tertiary alicyclic amines) is 1. The van der Waals surface area contributed by atoms with Crippen molar-refractivity contribution < 1.29 is 15.0 Å². The standard InChI is InChI=1S/C15H15NO3/c17-14-3-1-2-11-6-10(4-5-13(11)14)7-16-8-12(9-16)15(18)19/h1-6,12,17H,7-9H2,(H,18,19). The molecule has 2 aromatic carbocycles. The molecule has 98 valence electrons. The van der Waals surface area contributed by atoms with Gasteiger partial charge in [0.25, 0.3) is 0 Å². The molecule has 19 heavy (non-hydrogen) atoms. The van der Waals surface area contributed by atoms with Crippen molar-refractivity contribution in [2.45, 2.75) is 6.54 Å². The van der Waals surface area contributed by atoms with Crippen LogP contribution in [-0.2, 0) is 11.3 Å². The highest BCUT2D eigenvalue weighted by molar-refractivity contribution is 5.88. The fourth-order valence-corrected chi connectivity index (χ4v) is 2.53. The van der Waals surface area contributed by atoms with Crippen LogP contribution in [0.5, 0.6) is 5.75 Å². The second kappa shape index (κ2) is 4.55. The molecule has 0 radical (unpaired) electrons. The van der Waals surface area contributed by atoms with E-state index in [1.54, 1.807) is 6.07 Å². The van der Waals surface area contributed by atoms with Crippen LogP contribution in [0.3, 0.4) is 0 Å². The minimum Gasteiger partial charge on any atom is -0.507 e. The molecular weight excluding hydrogens is 242 g/mol. The molecule has 3 rings (SSSR count). The fourth-order valence-electron chi connectivity index (χ4n) is 2.53. The van der Waals surface area contributed by atoms with Crippen LogP contribution >= 0.6 is 0 Å². The number of hydrogen-bond acceptors (Lipinski definition) is 3. The van der Waals surface area contributed by atoms with Gasteiger partial charge in [0.05, 0.1) is 5.92 Å². The van der Waals surface area contributed by atoms with E-state index in [1.807, 2.05) is 30.3 Å². The Morgan fingerprint density at radius 1 is 1.26 bits per heavy atom. The number of benzene rings is 2. The third kappa shape index (κ3) is 2.27. The molecule has 1 aliphatic rings. The van der Waals surface area contributed by atoms with Crippen LogP contribution < -0.4 is 0 Å². The van der Waals surface area contributed by atoms with E-state index in [4.69, 9.17) is 5.11 Å². The molecule has 1 heterocycles. The number of phenols is 1. The average molecular weight is 257 g/mol. The molecule has 0 atom stereocenters.